The molecule has 1 aliphatic rings. The lowest BCUT2D eigenvalue weighted by Gasteiger charge is -2.34. The van der Waals surface area contributed by atoms with Crippen LogP contribution in [0.25, 0.3) is 0 Å². The lowest BCUT2D eigenvalue weighted by molar-refractivity contribution is -0.138. The number of carbonyl (C=O) groups is 2. The zero-order chi connectivity index (χ0) is 21.6. The molecule has 0 spiro atoms. The van der Waals surface area contributed by atoms with Crippen molar-refractivity contribution in [1.29, 1.82) is 0 Å². The van der Waals surface area contributed by atoms with E-state index in [0.717, 1.165) is 25.0 Å². The molecule has 1 aromatic carbocycles. The summed E-state index contributed by atoms with van der Waals surface area (Å²) in [6.45, 7) is 6.87. The van der Waals surface area contributed by atoms with Crippen LogP contribution in [-0.2, 0) is 11.0 Å². The van der Waals surface area contributed by atoms with Crippen molar-refractivity contribution in [2.45, 2.75) is 64.7 Å². The Morgan fingerprint density at radius 3 is 2.34 bits per heavy atom. The molecular weight excluding hydrogens is 383 g/mol. The first-order valence-corrected chi connectivity index (χ1v) is 10.2. The number of halogens is 3. The summed E-state index contributed by atoms with van der Waals surface area (Å²) in [5, 5.41) is 5.57. The van der Waals surface area contributed by atoms with Crippen molar-refractivity contribution in [2.24, 2.45) is 5.92 Å². The Hall–Kier alpha value is -2.25. The number of piperidine rings is 1. The first-order chi connectivity index (χ1) is 13.7. The fourth-order valence-corrected chi connectivity index (χ4v) is 3.63. The minimum Gasteiger partial charge on any atom is -0.342 e. The Bertz CT molecular complexity index is 697. The summed E-state index contributed by atoms with van der Waals surface area (Å²) in [7, 11) is 0. The third-order valence-corrected chi connectivity index (χ3v) is 5.54. The maximum Gasteiger partial charge on any atom is 0.416 e. The lowest BCUT2D eigenvalue weighted by atomic mass is 9.98. The van der Waals surface area contributed by atoms with Crippen LogP contribution < -0.4 is 10.6 Å². The smallest absolute Gasteiger partial charge is 0.342 e. The molecule has 5 nitrogen and oxygen atoms in total. The van der Waals surface area contributed by atoms with Gasteiger partial charge in [-0.05, 0) is 50.3 Å². The Labute approximate surface area is 170 Å². The standard InChI is InChI=1S/C21H30F3N3O2/c1-4-15(5-2)19(28)27-11-9-18(10-12-27)26-20(29)25-14(3)16-7-6-8-17(13-16)21(22,23)24/h6-8,13-15,18H,4-5,9-12H2,1-3H3,(H2,25,26,29). The van der Waals surface area contributed by atoms with Crippen molar-refractivity contribution in [1.82, 2.24) is 15.5 Å². The van der Waals surface area contributed by atoms with Crippen LogP contribution in [0.1, 0.15) is 63.6 Å². The van der Waals surface area contributed by atoms with Gasteiger partial charge in [-0.15, -0.1) is 0 Å². The van der Waals surface area contributed by atoms with Gasteiger partial charge in [-0.3, -0.25) is 4.79 Å². The third kappa shape index (κ3) is 6.37. The van der Waals surface area contributed by atoms with Gasteiger partial charge in [0.05, 0.1) is 11.6 Å². The van der Waals surface area contributed by atoms with E-state index < -0.39 is 23.8 Å². The maximum atomic E-state index is 12.9. The lowest BCUT2D eigenvalue weighted by Crippen LogP contribution is -2.50. The summed E-state index contributed by atoms with van der Waals surface area (Å²) in [5.74, 6) is 0.229. The fraction of sp³-hybridized carbons (Fsp3) is 0.619. The number of carbonyl (C=O) groups excluding carboxylic acids is 2. The highest BCUT2D eigenvalue weighted by Gasteiger charge is 2.31. The molecule has 1 aromatic rings. The molecule has 1 saturated heterocycles. The number of urea groups is 1. The number of rotatable bonds is 6. The third-order valence-electron chi connectivity index (χ3n) is 5.54. The van der Waals surface area contributed by atoms with Crippen molar-refractivity contribution >= 4 is 11.9 Å². The molecule has 2 N–H and O–H groups in total. The summed E-state index contributed by atoms with van der Waals surface area (Å²) < 4.78 is 38.6. The summed E-state index contributed by atoms with van der Waals surface area (Å²) in [6, 6.07) is 3.91. The fourth-order valence-electron chi connectivity index (χ4n) is 3.63. The number of benzene rings is 1. The molecule has 1 unspecified atom stereocenters. The van der Waals surface area contributed by atoms with Crippen LogP contribution in [0.3, 0.4) is 0 Å². The van der Waals surface area contributed by atoms with Crippen LogP contribution in [-0.4, -0.2) is 36.0 Å². The summed E-state index contributed by atoms with van der Waals surface area (Å²) in [5.41, 5.74) is -0.348. The van der Waals surface area contributed by atoms with Gasteiger partial charge in [-0.2, -0.15) is 13.2 Å². The van der Waals surface area contributed by atoms with Crippen molar-refractivity contribution in [3.8, 4) is 0 Å². The van der Waals surface area contributed by atoms with Gasteiger partial charge in [0, 0.05) is 25.0 Å². The predicted molar refractivity (Wildman–Crippen MR) is 105 cm³/mol. The average molecular weight is 413 g/mol. The maximum absolute atomic E-state index is 12.9. The van der Waals surface area contributed by atoms with Crippen LogP contribution in [0.5, 0.6) is 0 Å². The minimum atomic E-state index is -4.42. The molecule has 162 valence electrons. The molecule has 29 heavy (non-hydrogen) atoms. The van der Waals surface area contributed by atoms with Crippen LogP contribution in [0.2, 0.25) is 0 Å². The Morgan fingerprint density at radius 2 is 1.79 bits per heavy atom. The van der Waals surface area contributed by atoms with Gasteiger partial charge in [-0.25, -0.2) is 4.79 Å². The quantitative estimate of drug-likeness (QED) is 0.722. The first-order valence-electron chi connectivity index (χ1n) is 10.2. The van der Waals surface area contributed by atoms with Crippen LogP contribution in [0.4, 0.5) is 18.0 Å². The van der Waals surface area contributed by atoms with E-state index in [-0.39, 0.29) is 17.9 Å². The second-order valence-corrected chi connectivity index (χ2v) is 7.58. The molecule has 2 rings (SSSR count). The highest BCUT2D eigenvalue weighted by atomic mass is 19.4. The molecule has 0 saturated carbocycles. The zero-order valence-electron chi connectivity index (χ0n) is 17.2. The molecule has 0 aromatic heterocycles. The molecule has 1 heterocycles. The highest BCUT2D eigenvalue weighted by molar-refractivity contribution is 5.79. The van der Waals surface area contributed by atoms with Crippen LogP contribution >= 0.6 is 0 Å². The van der Waals surface area contributed by atoms with Crippen molar-refractivity contribution < 1.29 is 22.8 Å². The minimum absolute atomic E-state index is 0.0520. The molecule has 8 heteroatoms. The van der Waals surface area contributed by atoms with Gasteiger partial charge in [0.1, 0.15) is 0 Å². The first kappa shape index (κ1) is 23.0. The Morgan fingerprint density at radius 1 is 1.17 bits per heavy atom. The molecule has 0 bridgehead atoms. The van der Waals surface area contributed by atoms with E-state index in [2.05, 4.69) is 10.6 Å². The zero-order valence-corrected chi connectivity index (χ0v) is 17.2. The second-order valence-electron chi connectivity index (χ2n) is 7.58. The van der Waals surface area contributed by atoms with Crippen molar-refractivity contribution in [3.05, 3.63) is 35.4 Å². The molecule has 0 aliphatic carbocycles. The van der Waals surface area contributed by atoms with Crippen molar-refractivity contribution in [2.75, 3.05) is 13.1 Å². The summed E-state index contributed by atoms with van der Waals surface area (Å²) in [6.07, 6.45) is -1.45. The number of likely N-dealkylation sites (tertiary alicyclic amines) is 1. The molecule has 3 amide bonds. The number of hydrogen-bond donors (Lipinski definition) is 2. The predicted octanol–water partition coefficient (Wildman–Crippen LogP) is 4.49. The van der Waals surface area contributed by atoms with Gasteiger partial charge in [0.2, 0.25) is 5.91 Å². The van der Waals surface area contributed by atoms with Gasteiger partial charge in [-0.1, -0.05) is 26.0 Å². The second kappa shape index (κ2) is 9.98. The molecule has 0 radical (unpaired) electrons. The topological polar surface area (TPSA) is 61.4 Å². The van der Waals surface area contributed by atoms with E-state index in [4.69, 9.17) is 0 Å². The molecular formula is C21H30F3N3O2. The molecule has 1 aliphatic heterocycles. The summed E-state index contributed by atoms with van der Waals surface area (Å²) in [4.78, 5) is 26.6. The number of hydrogen-bond acceptors (Lipinski definition) is 2. The molecule has 1 fully saturated rings. The number of nitrogens with one attached hydrogen (secondary N) is 2. The SMILES string of the molecule is CCC(CC)C(=O)N1CCC(NC(=O)NC(C)c2cccc(C(F)(F)F)c2)CC1. The van der Waals surface area contributed by atoms with E-state index in [1.54, 1.807) is 13.0 Å². The number of alkyl halides is 3. The average Bonchev–Trinajstić information content (AvgIpc) is 2.68. The Balaban J connectivity index is 1.84. The monoisotopic (exact) mass is 413 g/mol. The Kier molecular flexibility index (Phi) is 7.93. The van der Waals surface area contributed by atoms with Crippen molar-refractivity contribution in [3.63, 3.8) is 0 Å². The van der Waals surface area contributed by atoms with Crippen LogP contribution in [0.15, 0.2) is 24.3 Å². The number of amides is 3. The summed E-state index contributed by atoms with van der Waals surface area (Å²) >= 11 is 0. The van der Waals surface area contributed by atoms with E-state index in [1.807, 2.05) is 18.7 Å². The highest BCUT2D eigenvalue weighted by Crippen LogP contribution is 2.30. The van der Waals surface area contributed by atoms with E-state index >= 15 is 0 Å². The number of nitrogens with zero attached hydrogens (tertiary/aromatic N) is 1. The normalized spacial score (nSPS) is 16.6. The largest absolute Gasteiger partial charge is 0.416 e. The van der Waals surface area contributed by atoms with E-state index in [9.17, 15) is 22.8 Å². The van der Waals surface area contributed by atoms with Gasteiger partial charge >= 0.3 is 12.2 Å². The molecule has 1 atom stereocenters. The van der Waals surface area contributed by atoms with E-state index in [0.29, 0.717) is 31.5 Å². The van der Waals surface area contributed by atoms with Crippen LogP contribution in [0, 0.1) is 5.92 Å². The van der Waals surface area contributed by atoms with Gasteiger partial charge < -0.3 is 15.5 Å². The van der Waals surface area contributed by atoms with E-state index in [1.165, 1.54) is 6.07 Å². The van der Waals surface area contributed by atoms with Gasteiger partial charge in [0.15, 0.2) is 0 Å². The van der Waals surface area contributed by atoms with Gasteiger partial charge in [0.25, 0.3) is 0 Å².